The van der Waals surface area contributed by atoms with E-state index >= 15 is 0 Å². The van der Waals surface area contributed by atoms with E-state index in [0.29, 0.717) is 86.9 Å². The molecule has 6 heterocycles. The van der Waals surface area contributed by atoms with Gasteiger partial charge in [-0.3, -0.25) is 0 Å². The first-order valence-corrected chi connectivity index (χ1v) is 22.6. The molecule has 4 aromatic heterocycles. The summed E-state index contributed by atoms with van der Waals surface area (Å²) in [6.07, 6.45) is 18.7. The van der Waals surface area contributed by atoms with Gasteiger partial charge in [-0.1, -0.05) is 25.7 Å². The van der Waals surface area contributed by atoms with Gasteiger partial charge in [0.1, 0.15) is 0 Å². The Labute approximate surface area is 382 Å². The van der Waals surface area contributed by atoms with Gasteiger partial charge in [-0.2, -0.15) is 8.78 Å². The molecule has 2 aromatic carbocycles. The van der Waals surface area contributed by atoms with E-state index in [0.717, 1.165) is 73.9 Å². The van der Waals surface area contributed by atoms with Gasteiger partial charge in [-0.25, -0.2) is 48.7 Å². The molecular weight excluding hydrogens is 853 g/mol. The zero-order valence-corrected chi connectivity index (χ0v) is 37.4. The molecule has 0 bridgehead atoms. The van der Waals surface area contributed by atoms with Gasteiger partial charge in [0.05, 0.1) is 36.7 Å². The molecule has 0 saturated carbocycles. The van der Waals surface area contributed by atoms with Crippen LogP contribution in [0.1, 0.15) is 99.8 Å². The summed E-state index contributed by atoms with van der Waals surface area (Å²) in [7, 11) is 0. The number of rotatable bonds is 18. The zero-order valence-electron chi connectivity index (χ0n) is 37.4. The monoisotopic (exact) mass is 908 g/mol. The fraction of sp³-hybridized carbons (Fsp3) is 0.417. The summed E-state index contributed by atoms with van der Waals surface area (Å²) in [4.78, 5) is 39.0. The summed E-state index contributed by atoms with van der Waals surface area (Å²) >= 11 is 0. The first kappa shape index (κ1) is 47.6. The molecule has 0 unspecified atom stereocenters. The van der Waals surface area contributed by atoms with E-state index in [9.17, 15) is 17.6 Å². The maximum absolute atomic E-state index is 14.4. The summed E-state index contributed by atoms with van der Waals surface area (Å²) in [6, 6.07) is 8.84. The first-order valence-electron chi connectivity index (χ1n) is 22.6. The van der Waals surface area contributed by atoms with E-state index in [2.05, 4.69) is 39.9 Å². The number of hydrogen-bond donors (Lipinski definition) is 2. The lowest BCUT2D eigenvalue weighted by molar-refractivity contribution is 0.285. The highest BCUT2D eigenvalue weighted by Gasteiger charge is 2.30. The van der Waals surface area contributed by atoms with Crippen molar-refractivity contribution in [3.8, 4) is 34.8 Å². The van der Waals surface area contributed by atoms with Gasteiger partial charge in [0.15, 0.2) is 46.4 Å². The summed E-state index contributed by atoms with van der Waals surface area (Å²) in [5, 5.41) is 0. The van der Waals surface area contributed by atoms with Gasteiger partial charge in [0.2, 0.25) is 11.6 Å². The number of anilines is 2. The number of ether oxygens (including phenoxy) is 2. The number of hydrogen-bond acceptors (Lipinski definition) is 14. The maximum Gasteiger partial charge on any atom is 0.200 e. The molecule has 0 saturated heterocycles. The lowest BCUT2D eigenvalue weighted by Gasteiger charge is -2.36. The molecule has 6 aromatic rings. The highest BCUT2D eigenvalue weighted by molar-refractivity contribution is 5.57. The van der Waals surface area contributed by atoms with E-state index in [4.69, 9.17) is 20.9 Å². The molecule has 14 nitrogen and oxygen atoms in total. The minimum absolute atomic E-state index is 0.0605. The van der Waals surface area contributed by atoms with Crippen LogP contribution in [-0.4, -0.2) is 79.3 Å². The van der Waals surface area contributed by atoms with Crippen LogP contribution in [0.5, 0.6) is 11.5 Å². The Morgan fingerprint density at radius 3 is 1.32 bits per heavy atom. The van der Waals surface area contributed by atoms with Gasteiger partial charge < -0.3 is 30.7 Å². The molecule has 8 rings (SSSR count). The second-order valence-electron chi connectivity index (χ2n) is 16.2. The Balaban J connectivity index is 0.000000196. The quantitative estimate of drug-likeness (QED) is 0.0619. The van der Waals surface area contributed by atoms with Crippen molar-refractivity contribution in [2.24, 2.45) is 11.5 Å². The number of nitrogens with two attached hydrogens (primary N) is 2. The molecule has 348 valence electrons. The van der Waals surface area contributed by atoms with Crippen LogP contribution < -0.4 is 30.7 Å². The van der Waals surface area contributed by atoms with E-state index in [1.54, 1.807) is 61.4 Å². The third-order valence-corrected chi connectivity index (χ3v) is 11.7. The van der Waals surface area contributed by atoms with Crippen LogP contribution in [-0.2, 0) is 12.8 Å². The summed E-state index contributed by atoms with van der Waals surface area (Å²) in [5.41, 5.74) is 15.8. The fourth-order valence-electron chi connectivity index (χ4n) is 8.08. The van der Waals surface area contributed by atoms with Gasteiger partial charge in [0, 0.05) is 110 Å². The van der Waals surface area contributed by atoms with Gasteiger partial charge >= 0.3 is 0 Å². The molecule has 4 N–H and O–H groups in total. The maximum atomic E-state index is 14.4. The predicted molar refractivity (Wildman–Crippen MR) is 244 cm³/mol. The Morgan fingerprint density at radius 1 is 0.530 bits per heavy atom. The standard InChI is InChI=1S/2C24H28F2N6O/c2*1-16-18-15-30-24(23-28-9-6-10-29-23)31-20(18)7-11-32(16)17-13-19(25)22(26)21(14-17)33-12-5-3-2-4-8-27/h2*6,9-10,13-16H,2-5,7-8,11-12,27H2,1H3/t2*16-/m10/s1. The van der Waals surface area contributed by atoms with Crippen LogP contribution in [0.15, 0.2) is 73.6 Å². The first-order chi connectivity index (χ1) is 32.2. The Bertz CT molecular complexity index is 2340. The smallest absolute Gasteiger partial charge is 0.200 e. The van der Waals surface area contributed by atoms with Gasteiger partial charge in [0.25, 0.3) is 0 Å². The van der Waals surface area contributed by atoms with Crippen LogP contribution >= 0.6 is 0 Å². The topological polar surface area (TPSA) is 180 Å². The molecule has 0 aliphatic carbocycles. The summed E-state index contributed by atoms with van der Waals surface area (Å²) in [6.45, 7) is 7.19. The second kappa shape index (κ2) is 23.2. The van der Waals surface area contributed by atoms with Crippen LogP contribution in [0.4, 0.5) is 28.9 Å². The van der Waals surface area contributed by atoms with Crippen LogP contribution in [0.25, 0.3) is 23.3 Å². The Kier molecular flexibility index (Phi) is 16.7. The number of nitrogens with zero attached hydrogens (tertiary/aromatic N) is 10. The third-order valence-electron chi connectivity index (χ3n) is 11.7. The van der Waals surface area contributed by atoms with Crippen molar-refractivity contribution in [1.82, 2.24) is 39.9 Å². The van der Waals surface area contributed by atoms with Crippen molar-refractivity contribution in [1.29, 1.82) is 0 Å². The predicted octanol–water partition coefficient (Wildman–Crippen LogP) is 8.47. The van der Waals surface area contributed by atoms with Gasteiger partial charge in [-0.05, 0) is 64.8 Å². The summed E-state index contributed by atoms with van der Waals surface area (Å²) < 4.78 is 68.7. The van der Waals surface area contributed by atoms with Crippen molar-refractivity contribution < 1.29 is 27.0 Å². The van der Waals surface area contributed by atoms with Crippen molar-refractivity contribution >= 4 is 11.4 Å². The molecule has 0 spiro atoms. The van der Waals surface area contributed by atoms with Crippen LogP contribution in [0.2, 0.25) is 0 Å². The van der Waals surface area contributed by atoms with E-state index < -0.39 is 23.3 Å². The van der Waals surface area contributed by atoms with E-state index in [1.807, 2.05) is 23.6 Å². The molecule has 0 fully saturated rings. The van der Waals surface area contributed by atoms with Crippen molar-refractivity contribution in [3.05, 3.63) is 119 Å². The number of unbranched alkanes of at least 4 members (excludes halogenated alkanes) is 6. The van der Waals surface area contributed by atoms with Crippen molar-refractivity contribution in [2.45, 2.75) is 90.1 Å². The molecule has 18 heteroatoms. The molecule has 2 aliphatic rings. The second-order valence-corrected chi connectivity index (χ2v) is 16.2. The SMILES string of the molecule is C[C@@H]1c2cnc(-c3ncccn3)nc2CCN1c1cc(F)c(F)c(OCCCCCCN)c1.C[C@H]1c2cnc(-c3ncccn3)nc2CCN1c1cc(F)c(F)c(OCCCCCCN)c1. The van der Waals surface area contributed by atoms with Crippen molar-refractivity contribution in [3.63, 3.8) is 0 Å². The minimum Gasteiger partial charge on any atom is -0.490 e. The minimum atomic E-state index is -0.957. The molecule has 2 aliphatic heterocycles. The Morgan fingerprint density at radius 2 is 0.924 bits per heavy atom. The van der Waals surface area contributed by atoms with Crippen molar-refractivity contribution in [2.75, 3.05) is 49.2 Å². The lowest BCUT2D eigenvalue weighted by Crippen LogP contribution is -2.35. The fourth-order valence-corrected chi connectivity index (χ4v) is 8.08. The third kappa shape index (κ3) is 11.7. The molecular formula is C48H56F4N12O2. The number of halogens is 4. The zero-order chi connectivity index (χ0) is 46.4. The number of fused-ring (bicyclic) bond motifs is 2. The molecule has 2 atom stereocenters. The number of benzene rings is 2. The van der Waals surface area contributed by atoms with E-state index in [1.165, 1.54) is 12.1 Å². The normalized spacial score (nSPS) is 15.4. The van der Waals surface area contributed by atoms with Crippen LogP contribution in [0, 0.1) is 23.3 Å². The average Bonchev–Trinajstić information content (AvgIpc) is 3.34. The van der Waals surface area contributed by atoms with Crippen LogP contribution in [0.3, 0.4) is 0 Å². The average molecular weight is 909 g/mol. The lowest BCUT2D eigenvalue weighted by atomic mass is 9.98. The summed E-state index contributed by atoms with van der Waals surface area (Å²) in [5.74, 6) is -1.98. The highest BCUT2D eigenvalue weighted by Crippen LogP contribution is 2.38. The van der Waals surface area contributed by atoms with Gasteiger partial charge in [-0.15, -0.1) is 0 Å². The number of aromatic nitrogens is 8. The largest absolute Gasteiger partial charge is 0.490 e. The highest BCUT2D eigenvalue weighted by atomic mass is 19.2. The molecule has 0 radical (unpaired) electrons. The Hall–Kier alpha value is -6.40. The molecule has 0 amide bonds. The van der Waals surface area contributed by atoms with E-state index in [-0.39, 0.29) is 23.6 Å². The molecule has 66 heavy (non-hydrogen) atoms.